The highest BCUT2D eigenvalue weighted by Crippen LogP contribution is 2.25. The average Bonchev–Trinajstić information content (AvgIpc) is 3.19. The summed E-state index contributed by atoms with van der Waals surface area (Å²) in [5, 5.41) is 6.89. The van der Waals surface area contributed by atoms with E-state index in [1.807, 2.05) is 19.9 Å². The number of rotatable bonds is 5. The van der Waals surface area contributed by atoms with Crippen LogP contribution >= 0.6 is 15.9 Å². The van der Waals surface area contributed by atoms with Crippen molar-refractivity contribution < 1.29 is 13.7 Å². The van der Waals surface area contributed by atoms with Gasteiger partial charge in [-0.1, -0.05) is 19.0 Å². The second-order valence-corrected chi connectivity index (χ2v) is 6.74. The Labute approximate surface area is 153 Å². The number of amides is 1. The zero-order chi connectivity index (χ0) is 18.0. The van der Waals surface area contributed by atoms with Crippen molar-refractivity contribution >= 4 is 21.8 Å². The van der Waals surface area contributed by atoms with Crippen molar-refractivity contribution in [2.45, 2.75) is 26.8 Å². The zero-order valence-corrected chi connectivity index (χ0v) is 15.6. The molecule has 1 amide bonds. The maximum Gasteiger partial charge on any atom is 0.287 e. The van der Waals surface area contributed by atoms with Gasteiger partial charge in [-0.15, -0.1) is 0 Å². The smallest absolute Gasteiger partial charge is 0.287 e. The molecule has 0 spiro atoms. The molecule has 3 aromatic heterocycles. The van der Waals surface area contributed by atoms with Crippen molar-refractivity contribution in [1.29, 1.82) is 0 Å². The van der Waals surface area contributed by atoms with Gasteiger partial charge in [-0.2, -0.15) is 4.98 Å². The highest BCUT2D eigenvalue weighted by atomic mass is 79.9. The lowest BCUT2D eigenvalue weighted by Crippen LogP contribution is -2.32. The molecule has 3 heterocycles. The van der Waals surface area contributed by atoms with Crippen LogP contribution in [0.2, 0.25) is 0 Å². The van der Waals surface area contributed by atoms with Crippen molar-refractivity contribution in [3.8, 4) is 11.4 Å². The highest BCUT2D eigenvalue weighted by molar-refractivity contribution is 9.10. The van der Waals surface area contributed by atoms with Crippen LogP contribution < -0.4 is 5.32 Å². The Kier molecular flexibility index (Phi) is 4.98. The molecule has 1 N–H and O–H groups in total. The molecule has 0 bridgehead atoms. The molecule has 0 fully saturated rings. The lowest BCUT2D eigenvalue weighted by Gasteiger charge is -2.17. The summed E-state index contributed by atoms with van der Waals surface area (Å²) in [6.45, 7) is 5.73. The first-order valence-electron chi connectivity index (χ1n) is 7.76. The van der Waals surface area contributed by atoms with Crippen LogP contribution in [0, 0.1) is 12.8 Å². The second kappa shape index (κ2) is 7.18. The summed E-state index contributed by atoms with van der Waals surface area (Å²) in [4.78, 5) is 21.0. The van der Waals surface area contributed by atoms with E-state index in [4.69, 9.17) is 8.94 Å². The van der Waals surface area contributed by atoms with Crippen molar-refractivity contribution in [2.24, 2.45) is 5.92 Å². The van der Waals surface area contributed by atoms with Crippen LogP contribution in [0.25, 0.3) is 11.4 Å². The van der Waals surface area contributed by atoms with Gasteiger partial charge in [0.15, 0.2) is 10.4 Å². The van der Waals surface area contributed by atoms with E-state index >= 15 is 0 Å². The Morgan fingerprint density at radius 1 is 1.36 bits per heavy atom. The number of carbonyl (C=O) groups excluding carboxylic acids is 1. The lowest BCUT2D eigenvalue weighted by atomic mass is 10.0. The van der Waals surface area contributed by atoms with Gasteiger partial charge in [0.1, 0.15) is 6.04 Å². The molecule has 25 heavy (non-hydrogen) atoms. The molecule has 3 aromatic rings. The minimum atomic E-state index is -0.436. The number of aromatic nitrogens is 3. The number of halogens is 1. The SMILES string of the molecule is Cc1cc(Br)oc1C(=O)NC(c1nc(-c2cccnc2)no1)C(C)C. The van der Waals surface area contributed by atoms with Gasteiger partial charge in [-0.3, -0.25) is 9.78 Å². The van der Waals surface area contributed by atoms with Crippen molar-refractivity contribution in [3.63, 3.8) is 0 Å². The summed E-state index contributed by atoms with van der Waals surface area (Å²) in [5.74, 6) is 0.739. The van der Waals surface area contributed by atoms with Crippen molar-refractivity contribution in [2.75, 3.05) is 0 Å². The minimum Gasteiger partial charge on any atom is -0.444 e. The number of furan rings is 1. The Balaban J connectivity index is 1.83. The fourth-order valence-corrected chi connectivity index (χ4v) is 2.87. The molecule has 0 radical (unpaired) electrons. The summed E-state index contributed by atoms with van der Waals surface area (Å²) >= 11 is 3.23. The molecule has 0 aliphatic heterocycles. The van der Waals surface area contributed by atoms with Gasteiger partial charge < -0.3 is 14.3 Å². The Morgan fingerprint density at radius 2 is 2.16 bits per heavy atom. The molecule has 0 aliphatic rings. The van der Waals surface area contributed by atoms with E-state index in [9.17, 15) is 4.79 Å². The van der Waals surface area contributed by atoms with E-state index in [0.717, 1.165) is 11.1 Å². The third-order valence-corrected chi connectivity index (χ3v) is 4.07. The van der Waals surface area contributed by atoms with Gasteiger partial charge in [0.05, 0.1) is 0 Å². The number of carbonyl (C=O) groups is 1. The number of nitrogens with one attached hydrogen (secondary N) is 1. The first-order chi connectivity index (χ1) is 12.0. The van der Waals surface area contributed by atoms with E-state index in [0.29, 0.717) is 16.4 Å². The fourth-order valence-electron chi connectivity index (χ4n) is 2.36. The number of nitrogens with zero attached hydrogens (tertiary/aromatic N) is 3. The molecule has 8 heteroatoms. The normalized spacial score (nSPS) is 12.4. The maximum absolute atomic E-state index is 12.5. The van der Waals surface area contributed by atoms with Crippen LogP contribution in [-0.2, 0) is 0 Å². The van der Waals surface area contributed by atoms with Gasteiger partial charge in [0.25, 0.3) is 5.91 Å². The van der Waals surface area contributed by atoms with Crippen LogP contribution in [0.4, 0.5) is 0 Å². The molecule has 7 nitrogen and oxygen atoms in total. The third kappa shape index (κ3) is 3.79. The number of hydrogen-bond acceptors (Lipinski definition) is 6. The Bertz CT molecular complexity index is 873. The largest absolute Gasteiger partial charge is 0.444 e. The lowest BCUT2D eigenvalue weighted by molar-refractivity contribution is 0.0883. The van der Waals surface area contributed by atoms with Gasteiger partial charge in [-0.25, -0.2) is 0 Å². The average molecular weight is 405 g/mol. The molecule has 0 aromatic carbocycles. The monoisotopic (exact) mass is 404 g/mol. The van der Waals surface area contributed by atoms with Crippen LogP contribution in [0.15, 0.2) is 44.2 Å². The molecular weight excluding hydrogens is 388 g/mol. The first kappa shape index (κ1) is 17.3. The standard InChI is InChI=1S/C17H17BrN4O3/c1-9(2)13(20-16(23)14-10(3)7-12(18)24-14)17-21-15(22-25-17)11-5-4-6-19-8-11/h4-9,13H,1-3H3,(H,20,23). The summed E-state index contributed by atoms with van der Waals surface area (Å²) in [6, 6.07) is 4.94. The molecule has 1 atom stereocenters. The quantitative estimate of drug-likeness (QED) is 0.692. The number of pyridine rings is 1. The Hall–Kier alpha value is -2.48. The van der Waals surface area contributed by atoms with Gasteiger partial charge in [0.2, 0.25) is 11.7 Å². The van der Waals surface area contributed by atoms with Crippen molar-refractivity contribution in [1.82, 2.24) is 20.4 Å². The molecule has 0 saturated heterocycles. The summed E-state index contributed by atoms with van der Waals surface area (Å²) < 4.78 is 11.3. The maximum atomic E-state index is 12.5. The molecule has 0 aliphatic carbocycles. The minimum absolute atomic E-state index is 0.0462. The van der Waals surface area contributed by atoms with Crippen LogP contribution in [0.3, 0.4) is 0 Å². The number of aryl methyl sites for hydroxylation is 1. The zero-order valence-electron chi connectivity index (χ0n) is 14.0. The Morgan fingerprint density at radius 3 is 2.76 bits per heavy atom. The topological polar surface area (TPSA) is 94.1 Å². The van der Waals surface area contributed by atoms with Gasteiger partial charge in [0, 0.05) is 23.5 Å². The third-order valence-electron chi connectivity index (χ3n) is 3.67. The van der Waals surface area contributed by atoms with E-state index in [1.54, 1.807) is 31.5 Å². The van der Waals surface area contributed by atoms with Crippen LogP contribution in [-0.4, -0.2) is 21.0 Å². The molecule has 1 unspecified atom stereocenters. The van der Waals surface area contributed by atoms with E-state index < -0.39 is 6.04 Å². The van der Waals surface area contributed by atoms with Crippen molar-refractivity contribution in [3.05, 3.63) is 52.5 Å². The fraction of sp³-hybridized carbons (Fsp3) is 0.294. The number of hydrogen-bond donors (Lipinski definition) is 1. The molecular formula is C17H17BrN4O3. The van der Waals surface area contributed by atoms with Crippen LogP contribution in [0.5, 0.6) is 0 Å². The van der Waals surface area contributed by atoms with E-state index in [1.165, 1.54) is 0 Å². The molecule has 3 rings (SSSR count). The predicted molar refractivity (Wildman–Crippen MR) is 93.7 cm³/mol. The van der Waals surface area contributed by atoms with Gasteiger partial charge in [-0.05, 0) is 47.0 Å². The predicted octanol–water partition coefficient (Wildman–Crippen LogP) is 3.92. The first-order valence-corrected chi connectivity index (χ1v) is 8.56. The summed E-state index contributed by atoms with van der Waals surface area (Å²) in [6.07, 6.45) is 3.33. The van der Waals surface area contributed by atoms with Gasteiger partial charge >= 0.3 is 0 Å². The molecule has 130 valence electrons. The second-order valence-electron chi connectivity index (χ2n) is 5.96. The van der Waals surface area contributed by atoms with E-state index in [2.05, 4.69) is 36.4 Å². The summed E-state index contributed by atoms with van der Waals surface area (Å²) in [7, 11) is 0. The molecule has 0 saturated carbocycles. The highest BCUT2D eigenvalue weighted by Gasteiger charge is 2.27. The summed E-state index contributed by atoms with van der Waals surface area (Å²) in [5.41, 5.74) is 1.49. The van der Waals surface area contributed by atoms with E-state index in [-0.39, 0.29) is 17.6 Å². The van der Waals surface area contributed by atoms with Crippen LogP contribution in [0.1, 0.15) is 41.9 Å².